The Morgan fingerprint density at radius 2 is 1.82 bits per heavy atom. The van der Waals surface area contributed by atoms with E-state index in [1.165, 1.54) is 12.4 Å². The summed E-state index contributed by atoms with van der Waals surface area (Å²) in [6.07, 6.45) is 9.88. The van der Waals surface area contributed by atoms with Gasteiger partial charge in [0.15, 0.2) is 5.78 Å². The predicted octanol–water partition coefficient (Wildman–Crippen LogP) is 2.78. The molecule has 0 amide bonds. The fourth-order valence-electron chi connectivity index (χ4n) is 2.55. The smallest absolute Gasteiger partial charge is 0.162 e. The number of aliphatic imine (C=N–C) groups is 1. The van der Waals surface area contributed by atoms with Crippen molar-refractivity contribution in [1.29, 1.82) is 0 Å². The molecule has 3 heterocycles. The first-order valence-corrected chi connectivity index (χ1v) is 6.87. The monoisotopic (exact) mass is 293 g/mol. The average Bonchev–Trinajstić information content (AvgIpc) is 2.86. The number of hydrogen-bond donors (Lipinski definition) is 1. The summed E-state index contributed by atoms with van der Waals surface area (Å²) >= 11 is 0. The standard InChI is InChI=1S/C17H15N3O2/c1-11-15(12(2)21)17(14-5-9-20(22)10-6-14)19-16(11)13-3-7-18-8-4-13/h3-10,22H,1-2H3. The molecule has 0 fully saturated rings. The lowest BCUT2D eigenvalue weighted by Crippen LogP contribution is -2.07. The van der Waals surface area contributed by atoms with Crippen molar-refractivity contribution < 1.29 is 10.0 Å². The Hall–Kier alpha value is -2.79. The van der Waals surface area contributed by atoms with Crippen LogP contribution in [0.5, 0.6) is 0 Å². The Labute approximate surface area is 128 Å². The number of carbonyl (C=O) groups is 1. The van der Waals surface area contributed by atoms with E-state index in [2.05, 4.69) is 9.98 Å². The number of hydrogen-bond acceptors (Lipinski definition) is 5. The third-order valence-electron chi connectivity index (χ3n) is 3.58. The molecular formula is C17H15N3O2. The molecule has 0 unspecified atom stereocenters. The summed E-state index contributed by atoms with van der Waals surface area (Å²) in [5, 5.41) is 10.3. The van der Waals surface area contributed by atoms with Crippen LogP contribution < -0.4 is 0 Å². The first-order valence-electron chi connectivity index (χ1n) is 6.87. The van der Waals surface area contributed by atoms with Crippen molar-refractivity contribution in [3.63, 3.8) is 0 Å². The highest BCUT2D eigenvalue weighted by Crippen LogP contribution is 2.32. The van der Waals surface area contributed by atoms with Crippen LogP contribution in [0.4, 0.5) is 0 Å². The highest BCUT2D eigenvalue weighted by Gasteiger charge is 2.26. The molecule has 110 valence electrons. The molecule has 1 aromatic heterocycles. The van der Waals surface area contributed by atoms with E-state index in [1.807, 2.05) is 19.1 Å². The van der Waals surface area contributed by atoms with Gasteiger partial charge >= 0.3 is 0 Å². The fourth-order valence-corrected chi connectivity index (χ4v) is 2.55. The summed E-state index contributed by atoms with van der Waals surface area (Å²) in [5.74, 6) is -0.0268. The lowest BCUT2D eigenvalue weighted by molar-refractivity contribution is -0.113. The van der Waals surface area contributed by atoms with Crippen LogP contribution in [0.1, 0.15) is 19.4 Å². The van der Waals surface area contributed by atoms with Gasteiger partial charge in [-0.25, -0.2) is 10.1 Å². The van der Waals surface area contributed by atoms with Gasteiger partial charge in [0.25, 0.3) is 0 Å². The van der Waals surface area contributed by atoms with Crippen molar-refractivity contribution in [2.75, 3.05) is 0 Å². The van der Waals surface area contributed by atoms with Crippen LogP contribution in [0.25, 0.3) is 0 Å². The number of carbonyl (C=O) groups excluding carboxylic acids is 1. The van der Waals surface area contributed by atoms with Crippen molar-refractivity contribution in [3.8, 4) is 0 Å². The SMILES string of the molecule is CC(=O)C1=C(C)C(c2ccncc2)=NC1=C1C=CN(O)C=C1. The highest BCUT2D eigenvalue weighted by molar-refractivity contribution is 6.21. The van der Waals surface area contributed by atoms with Crippen LogP contribution in [0.3, 0.4) is 0 Å². The second-order valence-corrected chi connectivity index (χ2v) is 5.07. The van der Waals surface area contributed by atoms with Gasteiger partial charge in [0.1, 0.15) is 0 Å². The maximum absolute atomic E-state index is 12.1. The van der Waals surface area contributed by atoms with Crippen LogP contribution in [-0.2, 0) is 4.79 Å². The number of nitrogens with zero attached hydrogens (tertiary/aromatic N) is 3. The van der Waals surface area contributed by atoms with E-state index in [9.17, 15) is 10.0 Å². The summed E-state index contributed by atoms with van der Waals surface area (Å²) in [6, 6.07) is 3.74. The molecule has 0 saturated heterocycles. The van der Waals surface area contributed by atoms with Gasteiger partial charge in [0, 0.05) is 41.5 Å². The van der Waals surface area contributed by atoms with Gasteiger partial charge in [0.2, 0.25) is 0 Å². The maximum Gasteiger partial charge on any atom is 0.162 e. The Bertz CT molecular complexity index is 767. The maximum atomic E-state index is 12.1. The molecule has 0 spiro atoms. The molecule has 5 nitrogen and oxygen atoms in total. The fraction of sp³-hybridized carbons (Fsp3) is 0.118. The third kappa shape index (κ3) is 2.42. The molecule has 5 heteroatoms. The largest absolute Gasteiger partial charge is 0.294 e. The Balaban J connectivity index is 2.17. The number of pyridine rings is 1. The van der Waals surface area contributed by atoms with Gasteiger partial charge in [-0.05, 0) is 43.7 Å². The number of allylic oxidation sites excluding steroid dienone is 5. The molecule has 1 aromatic rings. The van der Waals surface area contributed by atoms with Crippen molar-refractivity contribution in [1.82, 2.24) is 10.0 Å². The zero-order valence-electron chi connectivity index (χ0n) is 12.3. The van der Waals surface area contributed by atoms with Gasteiger partial charge in [-0.2, -0.15) is 0 Å². The van der Waals surface area contributed by atoms with Crippen LogP contribution in [-0.4, -0.2) is 26.7 Å². The van der Waals surface area contributed by atoms with Gasteiger partial charge in [-0.15, -0.1) is 0 Å². The van der Waals surface area contributed by atoms with E-state index < -0.39 is 0 Å². The Morgan fingerprint density at radius 3 is 2.41 bits per heavy atom. The number of Topliss-reactive ketones (excluding diaryl/α,β-unsaturated/α-hetero) is 1. The van der Waals surface area contributed by atoms with E-state index in [0.717, 1.165) is 27.5 Å². The van der Waals surface area contributed by atoms with Crippen molar-refractivity contribution in [2.45, 2.75) is 13.8 Å². The number of hydroxylamine groups is 2. The molecular weight excluding hydrogens is 278 g/mol. The second-order valence-electron chi connectivity index (χ2n) is 5.07. The lowest BCUT2D eigenvalue weighted by Gasteiger charge is -2.12. The molecule has 0 atom stereocenters. The normalized spacial score (nSPS) is 17.4. The second kappa shape index (κ2) is 5.54. The van der Waals surface area contributed by atoms with Crippen LogP contribution in [0.15, 0.2) is 76.5 Å². The summed E-state index contributed by atoms with van der Waals surface area (Å²) in [6.45, 7) is 3.44. The minimum absolute atomic E-state index is 0.0268. The predicted molar refractivity (Wildman–Crippen MR) is 83.1 cm³/mol. The molecule has 22 heavy (non-hydrogen) atoms. The number of aromatic nitrogens is 1. The van der Waals surface area contributed by atoms with Gasteiger partial charge in [-0.1, -0.05) is 0 Å². The molecule has 1 N–H and O–H groups in total. The van der Waals surface area contributed by atoms with Gasteiger partial charge in [-0.3, -0.25) is 15.0 Å². The minimum Gasteiger partial charge on any atom is -0.294 e. The highest BCUT2D eigenvalue weighted by atomic mass is 16.5. The lowest BCUT2D eigenvalue weighted by atomic mass is 9.97. The minimum atomic E-state index is -0.0268. The topological polar surface area (TPSA) is 65.8 Å². The molecule has 0 aromatic carbocycles. The molecule has 3 rings (SSSR count). The van der Waals surface area contributed by atoms with E-state index in [0.29, 0.717) is 11.3 Å². The van der Waals surface area contributed by atoms with E-state index in [1.54, 1.807) is 31.5 Å². The van der Waals surface area contributed by atoms with Crippen molar-refractivity contribution in [2.24, 2.45) is 4.99 Å². The van der Waals surface area contributed by atoms with Crippen LogP contribution in [0, 0.1) is 0 Å². The van der Waals surface area contributed by atoms with E-state index in [-0.39, 0.29) is 5.78 Å². The summed E-state index contributed by atoms with van der Waals surface area (Å²) in [4.78, 5) is 20.7. The first-order chi connectivity index (χ1) is 10.6. The molecule has 2 aliphatic heterocycles. The Morgan fingerprint density at radius 1 is 1.18 bits per heavy atom. The molecule has 2 aliphatic rings. The quantitative estimate of drug-likeness (QED) is 0.910. The van der Waals surface area contributed by atoms with Gasteiger partial charge in [0.05, 0.1) is 11.4 Å². The van der Waals surface area contributed by atoms with Crippen LogP contribution >= 0.6 is 0 Å². The van der Waals surface area contributed by atoms with Crippen molar-refractivity contribution >= 4 is 11.5 Å². The third-order valence-corrected chi connectivity index (χ3v) is 3.58. The summed E-state index contributed by atoms with van der Waals surface area (Å²) in [5.41, 5.74) is 4.60. The van der Waals surface area contributed by atoms with E-state index >= 15 is 0 Å². The summed E-state index contributed by atoms with van der Waals surface area (Å²) in [7, 11) is 0. The molecule has 0 radical (unpaired) electrons. The number of ketones is 1. The first kappa shape index (κ1) is 14.2. The van der Waals surface area contributed by atoms with Gasteiger partial charge < -0.3 is 0 Å². The zero-order valence-corrected chi connectivity index (χ0v) is 12.3. The molecule has 0 bridgehead atoms. The van der Waals surface area contributed by atoms with Crippen LogP contribution in [0.2, 0.25) is 0 Å². The Kier molecular flexibility index (Phi) is 3.56. The van der Waals surface area contributed by atoms with Crippen molar-refractivity contribution in [3.05, 3.63) is 77.1 Å². The molecule has 0 aliphatic carbocycles. The number of rotatable bonds is 2. The zero-order chi connectivity index (χ0) is 15.7. The van der Waals surface area contributed by atoms with E-state index in [4.69, 9.17) is 0 Å². The summed E-state index contributed by atoms with van der Waals surface area (Å²) < 4.78 is 0. The average molecular weight is 293 g/mol. The molecule has 0 saturated carbocycles.